The molecule has 2 nitrogen and oxygen atoms in total. The van der Waals surface area contributed by atoms with Gasteiger partial charge in [-0.2, -0.15) is 0 Å². The van der Waals surface area contributed by atoms with Crippen molar-refractivity contribution < 1.29 is 9.50 Å². The highest BCUT2D eigenvalue weighted by atomic mass is 19.1. The highest BCUT2D eigenvalue weighted by Gasteiger charge is 2.31. The smallest absolute Gasteiger partial charge is 0.123 e. The fraction of sp³-hybridized carbons (Fsp3) is 0.500. The summed E-state index contributed by atoms with van der Waals surface area (Å²) in [5.41, 5.74) is 1.29. The van der Waals surface area contributed by atoms with Crippen LogP contribution in [-0.2, 0) is 6.42 Å². The van der Waals surface area contributed by atoms with Crippen LogP contribution in [0.3, 0.4) is 0 Å². The Morgan fingerprint density at radius 2 is 2.33 bits per heavy atom. The maximum atomic E-state index is 12.9. The van der Waals surface area contributed by atoms with Crippen LogP contribution in [0.15, 0.2) is 18.2 Å². The molecule has 0 saturated carbocycles. The lowest BCUT2D eigenvalue weighted by Gasteiger charge is -2.22. The van der Waals surface area contributed by atoms with Crippen LogP contribution in [0.2, 0.25) is 0 Å². The van der Waals surface area contributed by atoms with Crippen molar-refractivity contribution in [3.05, 3.63) is 35.1 Å². The van der Waals surface area contributed by atoms with Crippen molar-refractivity contribution in [2.75, 3.05) is 13.1 Å². The molecule has 1 fully saturated rings. The molecule has 1 unspecified atom stereocenters. The van der Waals surface area contributed by atoms with Gasteiger partial charge in [0.15, 0.2) is 0 Å². The van der Waals surface area contributed by atoms with Gasteiger partial charge in [0, 0.05) is 13.0 Å². The summed E-state index contributed by atoms with van der Waals surface area (Å²) in [7, 11) is 0. The lowest BCUT2D eigenvalue weighted by atomic mass is 9.91. The standard InChI is InChI=1S/C12H16FNO/c1-9-6-11(13)3-2-10(9)7-12(15)4-5-14-8-12/h2-3,6,14-15H,4-5,7-8H2,1H3. The van der Waals surface area contributed by atoms with Gasteiger partial charge in [0.2, 0.25) is 0 Å². The predicted octanol–water partition coefficient (Wildman–Crippen LogP) is 1.40. The Kier molecular flexibility index (Phi) is 2.76. The zero-order chi connectivity index (χ0) is 10.9. The minimum absolute atomic E-state index is 0.215. The van der Waals surface area contributed by atoms with Crippen LogP contribution in [0.1, 0.15) is 17.5 Å². The molecule has 1 aliphatic rings. The lowest BCUT2D eigenvalue weighted by molar-refractivity contribution is 0.0617. The average molecular weight is 209 g/mol. The normalized spacial score (nSPS) is 25.8. The highest BCUT2D eigenvalue weighted by Crippen LogP contribution is 2.22. The fourth-order valence-corrected chi connectivity index (χ4v) is 2.09. The van der Waals surface area contributed by atoms with E-state index in [0.717, 1.165) is 24.1 Å². The molecule has 0 aliphatic carbocycles. The second kappa shape index (κ2) is 3.91. The van der Waals surface area contributed by atoms with Gasteiger partial charge in [-0.3, -0.25) is 0 Å². The van der Waals surface area contributed by atoms with Crippen molar-refractivity contribution in [1.29, 1.82) is 0 Å². The Balaban J connectivity index is 2.16. The number of hydrogen-bond donors (Lipinski definition) is 2. The summed E-state index contributed by atoms with van der Waals surface area (Å²) in [6.45, 7) is 3.37. The monoisotopic (exact) mass is 209 g/mol. The predicted molar refractivity (Wildman–Crippen MR) is 57.3 cm³/mol. The van der Waals surface area contributed by atoms with Crippen molar-refractivity contribution in [2.24, 2.45) is 0 Å². The van der Waals surface area contributed by atoms with Crippen molar-refractivity contribution in [3.8, 4) is 0 Å². The first-order valence-corrected chi connectivity index (χ1v) is 5.27. The number of rotatable bonds is 2. The molecular formula is C12H16FNO. The lowest BCUT2D eigenvalue weighted by Crippen LogP contribution is -2.34. The van der Waals surface area contributed by atoms with Crippen LogP contribution in [0.5, 0.6) is 0 Å². The third-order valence-electron chi connectivity index (χ3n) is 3.05. The zero-order valence-corrected chi connectivity index (χ0v) is 8.89. The molecule has 1 atom stereocenters. The van der Waals surface area contributed by atoms with E-state index in [-0.39, 0.29) is 5.82 Å². The van der Waals surface area contributed by atoms with E-state index in [4.69, 9.17) is 0 Å². The second-order valence-corrected chi connectivity index (χ2v) is 4.40. The fourth-order valence-electron chi connectivity index (χ4n) is 2.09. The Bertz CT molecular complexity index is 359. The van der Waals surface area contributed by atoms with E-state index in [1.165, 1.54) is 12.1 Å². The Morgan fingerprint density at radius 3 is 2.93 bits per heavy atom. The molecule has 1 aromatic rings. The minimum Gasteiger partial charge on any atom is -0.388 e. The molecule has 1 saturated heterocycles. The van der Waals surface area contributed by atoms with E-state index in [0.29, 0.717) is 13.0 Å². The van der Waals surface area contributed by atoms with E-state index in [1.807, 2.05) is 6.92 Å². The number of aliphatic hydroxyl groups is 1. The van der Waals surface area contributed by atoms with Gasteiger partial charge in [-0.15, -0.1) is 0 Å². The minimum atomic E-state index is -0.650. The molecule has 1 heterocycles. The molecular weight excluding hydrogens is 193 g/mol. The van der Waals surface area contributed by atoms with Crippen LogP contribution in [0, 0.1) is 12.7 Å². The van der Waals surface area contributed by atoms with Crippen LogP contribution in [0.25, 0.3) is 0 Å². The van der Waals surface area contributed by atoms with Crippen LogP contribution < -0.4 is 5.32 Å². The molecule has 1 aliphatic heterocycles. The van der Waals surface area contributed by atoms with Crippen LogP contribution >= 0.6 is 0 Å². The Labute approximate surface area is 89.1 Å². The Hall–Kier alpha value is -0.930. The first kappa shape index (κ1) is 10.6. The van der Waals surface area contributed by atoms with E-state index < -0.39 is 5.60 Å². The quantitative estimate of drug-likeness (QED) is 0.771. The first-order valence-electron chi connectivity index (χ1n) is 5.27. The molecule has 0 spiro atoms. The molecule has 0 bridgehead atoms. The molecule has 0 aromatic heterocycles. The molecule has 1 aromatic carbocycles. The summed E-state index contributed by atoms with van der Waals surface area (Å²) in [5, 5.41) is 13.3. The summed E-state index contributed by atoms with van der Waals surface area (Å²) in [6.07, 6.45) is 1.37. The van der Waals surface area contributed by atoms with Crippen LogP contribution in [-0.4, -0.2) is 23.8 Å². The summed E-state index contributed by atoms with van der Waals surface area (Å²) in [5.74, 6) is -0.215. The molecule has 2 N–H and O–H groups in total. The number of benzene rings is 1. The number of hydrogen-bond acceptors (Lipinski definition) is 2. The molecule has 3 heteroatoms. The largest absolute Gasteiger partial charge is 0.388 e. The topological polar surface area (TPSA) is 32.3 Å². The summed E-state index contributed by atoms with van der Waals surface area (Å²) >= 11 is 0. The SMILES string of the molecule is Cc1cc(F)ccc1CC1(O)CCNC1. The molecule has 82 valence electrons. The van der Waals surface area contributed by atoms with Gasteiger partial charge in [0.05, 0.1) is 5.60 Å². The van der Waals surface area contributed by atoms with Crippen molar-refractivity contribution in [1.82, 2.24) is 5.32 Å². The molecule has 15 heavy (non-hydrogen) atoms. The third kappa shape index (κ3) is 2.36. The van der Waals surface area contributed by atoms with Gasteiger partial charge in [0.1, 0.15) is 5.82 Å². The Morgan fingerprint density at radius 1 is 1.53 bits per heavy atom. The maximum Gasteiger partial charge on any atom is 0.123 e. The summed E-state index contributed by atoms with van der Waals surface area (Å²) in [6, 6.07) is 4.73. The van der Waals surface area contributed by atoms with E-state index in [2.05, 4.69) is 5.32 Å². The van der Waals surface area contributed by atoms with Gasteiger partial charge in [-0.25, -0.2) is 4.39 Å². The van der Waals surface area contributed by atoms with E-state index >= 15 is 0 Å². The average Bonchev–Trinajstić information content (AvgIpc) is 2.58. The summed E-state index contributed by atoms with van der Waals surface area (Å²) < 4.78 is 12.9. The third-order valence-corrected chi connectivity index (χ3v) is 3.05. The number of β-amino-alcohol motifs (C(OH)–C–C–N with tert-alkyl or cyclic N) is 1. The van der Waals surface area contributed by atoms with Crippen molar-refractivity contribution in [2.45, 2.75) is 25.4 Å². The van der Waals surface area contributed by atoms with Crippen LogP contribution in [0.4, 0.5) is 4.39 Å². The number of nitrogens with one attached hydrogen (secondary N) is 1. The first-order chi connectivity index (χ1) is 7.09. The number of halogens is 1. The molecule has 2 rings (SSSR count). The molecule has 0 radical (unpaired) electrons. The van der Waals surface area contributed by atoms with Gasteiger partial charge >= 0.3 is 0 Å². The molecule has 0 amide bonds. The van der Waals surface area contributed by atoms with Crippen molar-refractivity contribution >= 4 is 0 Å². The van der Waals surface area contributed by atoms with Gasteiger partial charge < -0.3 is 10.4 Å². The van der Waals surface area contributed by atoms with Gasteiger partial charge in [0.25, 0.3) is 0 Å². The highest BCUT2D eigenvalue weighted by molar-refractivity contribution is 5.28. The summed E-state index contributed by atoms with van der Waals surface area (Å²) in [4.78, 5) is 0. The van der Waals surface area contributed by atoms with E-state index in [9.17, 15) is 9.50 Å². The number of aryl methyl sites for hydroxylation is 1. The van der Waals surface area contributed by atoms with Gasteiger partial charge in [-0.05, 0) is 43.1 Å². The maximum absolute atomic E-state index is 12.9. The zero-order valence-electron chi connectivity index (χ0n) is 8.89. The van der Waals surface area contributed by atoms with Gasteiger partial charge in [-0.1, -0.05) is 6.07 Å². The van der Waals surface area contributed by atoms with E-state index in [1.54, 1.807) is 6.07 Å². The van der Waals surface area contributed by atoms with Crippen molar-refractivity contribution in [3.63, 3.8) is 0 Å². The second-order valence-electron chi connectivity index (χ2n) is 4.40.